The molecule has 0 fully saturated rings. The van der Waals surface area contributed by atoms with Crippen LogP contribution in [0, 0.1) is 0 Å². The van der Waals surface area contributed by atoms with Gasteiger partial charge in [0.15, 0.2) is 0 Å². The van der Waals surface area contributed by atoms with Gasteiger partial charge >= 0.3 is 0 Å². The fraction of sp³-hybridized carbons (Fsp3) is 0.538. The molecule has 2 N–H and O–H groups in total. The van der Waals surface area contributed by atoms with Crippen LogP contribution in [0.5, 0.6) is 0 Å². The second kappa shape index (κ2) is 3.27. The predicted octanol–water partition coefficient (Wildman–Crippen LogP) is 3.18. The van der Waals surface area contributed by atoms with Crippen molar-refractivity contribution in [1.29, 1.82) is 0 Å². The van der Waals surface area contributed by atoms with E-state index in [1.54, 1.807) is 6.07 Å². The first-order valence-corrected chi connectivity index (χ1v) is 5.48. The van der Waals surface area contributed by atoms with E-state index in [0.29, 0.717) is 11.1 Å². The standard InChI is InChI=1S/C13H17F2N/c1-12(2,3)9-4-5-10-8(6-9)7-13(14,15)11(10)16/h4-6,11H,7,16H2,1-3H3. The van der Waals surface area contributed by atoms with Crippen LogP contribution in [0.2, 0.25) is 0 Å². The third-order valence-corrected chi connectivity index (χ3v) is 3.23. The Morgan fingerprint density at radius 2 is 1.94 bits per heavy atom. The molecule has 1 unspecified atom stereocenters. The van der Waals surface area contributed by atoms with Gasteiger partial charge in [-0.1, -0.05) is 39.0 Å². The third kappa shape index (κ3) is 1.73. The molecule has 0 bridgehead atoms. The van der Waals surface area contributed by atoms with Crippen molar-refractivity contribution in [2.24, 2.45) is 5.73 Å². The number of benzene rings is 1. The molecule has 1 aliphatic rings. The molecule has 0 aromatic heterocycles. The van der Waals surface area contributed by atoms with Crippen LogP contribution in [-0.2, 0) is 11.8 Å². The summed E-state index contributed by atoms with van der Waals surface area (Å²) in [6.07, 6.45) is -0.229. The SMILES string of the molecule is CC(C)(C)c1ccc2c(c1)CC(F)(F)C2N. The normalized spacial score (nSPS) is 23.2. The molecule has 0 heterocycles. The van der Waals surface area contributed by atoms with E-state index < -0.39 is 12.0 Å². The van der Waals surface area contributed by atoms with Crippen molar-refractivity contribution in [3.63, 3.8) is 0 Å². The molecule has 1 aliphatic carbocycles. The van der Waals surface area contributed by atoms with E-state index in [0.717, 1.165) is 5.56 Å². The lowest BCUT2D eigenvalue weighted by molar-refractivity contribution is -0.0135. The van der Waals surface area contributed by atoms with E-state index in [1.807, 2.05) is 12.1 Å². The minimum atomic E-state index is -2.79. The molecule has 0 aliphatic heterocycles. The maximum absolute atomic E-state index is 13.4. The van der Waals surface area contributed by atoms with Crippen LogP contribution in [0.15, 0.2) is 18.2 Å². The van der Waals surface area contributed by atoms with Crippen molar-refractivity contribution < 1.29 is 8.78 Å². The molecule has 3 heteroatoms. The number of fused-ring (bicyclic) bond motifs is 1. The largest absolute Gasteiger partial charge is 0.319 e. The highest BCUT2D eigenvalue weighted by molar-refractivity contribution is 5.42. The van der Waals surface area contributed by atoms with E-state index in [4.69, 9.17) is 5.73 Å². The zero-order valence-corrected chi connectivity index (χ0v) is 9.85. The van der Waals surface area contributed by atoms with Gasteiger partial charge in [-0.05, 0) is 22.1 Å². The molecule has 0 saturated heterocycles. The minimum absolute atomic E-state index is 0.0169. The van der Waals surface area contributed by atoms with E-state index in [2.05, 4.69) is 20.8 Å². The Hall–Kier alpha value is -0.960. The Morgan fingerprint density at radius 1 is 1.31 bits per heavy atom. The fourth-order valence-electron chi connectivity index (χ4n) is 2.12. The van der Waals surface area contributed by atoms with Crippen molar-refractivity contribution in [2.75, 3.05) is 0 Å². The van der Waals surface area contributed by atoms with E-state index in [9.17, 15) is 8.78 Å². The van der Waals surface area contributed by atoms with Gasteiger partial charge in [-0.25, -0.2) is 8.78 Å². The molecule has 0 spiro atoms. The summed E-state index contributed by atoms with van der Waals surface area (Å²) < 4.78 is 26.9. The van der Waals surface area contributed by atoms with Gasteiger partial charge in [0.25, 0.3) is 5.92 Å². The highest BCUT2D eigenvalue weighted by Gasteiger charge is 2.45. The maximum Gasteiger partial charge on any atom is 0.270 e. The van der Waals surface area contributed by atoms with Crippen LogP contribution >= 0.6 is 0 Å². The Kier molecular flexibility index (Phi) is 2.35. The number of hydrogen-bond acceptors (Lipinski definition) is 1. The number of alkyl halides is 2. The summed E-state index contributed by atoms with van der Waals surface area (Å²) in [6.45, 7) is 6.21. The number of hydrogen-bond donors (Lipinski definition) is 1. The molecule has 88 valence electrons. The summed E-state index contributed by atoms with van der Waals surface area (Å²) in [5.74, 6) is -2.79. The zero-order valence-electron chi connectivity index (χ0n) is 9.85. The van der Waals surface area contributed by atoms with Gasteiger partial charge in [0, 0.05) is 6.42 Å². The molecule has 1 nitrogen and oxygen atoms in total. The topological polar surface area (TPSA) is 26.0 Å². The Morgan fingerprint density at radius 3 is 2.50 bits per heavy atom. The molecule has 1 aromatic rings. The lowest BCUT2D eigenvalue weighted by Gasteiger charge is -2.20. The average Bonchev–Trinajstić information content (AvgIpc) is 2.36. The first-order chi connectivity index (χ1) is 7.22. The number of halogens is 2. The van der Waals surface area contributed by atoms with Crippen molar-refractivity contribution in [3.05, 3.63) is 34.9 Å². The monoisotopic (exact) mass is 225 g/mol. The van der Waals surface area contributed by atoms with Crippen molar-refractivity contribution >= 4 is 0 Å². The Balaban J connectivity index is 2.45. The second-order valence-corrected chi connectivity index (χ2v) is 5.58. The minimum Gasteiger partial charge on any atom is -0.319 e. The first-order valence-electron chi connectivity index (χ1n) is 5.48. The molecule has 1 atom stereocenters. The highest BCUT2D eigenvalue weighted by Crippen LogP contribution is 2.42. The molecular formula is C13H17F2N. The van der Waals surface area contributed by atoms with Gasteiger partial charge in [0.05, 0.1) is 6.04 Å². The van der Waals surface area contributed by atoms with Gasteiger partial charge < -0.3 is 5.73 Å². The predicted molar refractivity (Wildman–Crippen MR) is 60.7 cm³/mol. The molecule has 1 aromatic carbocycles. The lowest BCUT2D eigenvalue weighted by atomic mass is 9.85. The summed E-state index contributed by atoms with van der Waals surface area (Å²) in [4.78, 5) is 0. The summed E-state index contributed by atoms with van der Waals surface area (Å²) in [6, 6.07) is 4.38. The van der Waals surface area contributed by atoms with Crippen molar-refractivity contribution in [2.45, 2.75) is 44.6 Å². The van der Waals surface area contributed by atoms with E-state index in [1.165, 1.54) is 0 Å². The van der Waals surface area contributed by atoms with E-state index in [-0.39, 0.29) is 11.8 Å². The van der Waals surface area contributed by atoms with Gasteiger partial charge in [0.2, 0.25) is 0 Å². The van der Waals surface area contributed by atoms with Gasteiger partial charge in [-0.15, -0.1) is 0 Å². The lowest BCUT2D eigenvalue weighted by Crippen LogP contribution is -2.28. The molecule has 0 saturated carbocycles. The fourth-order valence-corrected chi connectivity index (χ4v) is 2.12. The Labute approximate surface area is 94.7 Å². The summed E-state index contributed by atoms with van der Waals surface area (Å²) >= 11 is 0. The van der Waals surface area contributed by atoms with Crippen LogP contribution in [0.4, 0.5) is 8.78 Å². The smallest absolute Gasteiger partial charge is 0.270 e. The average molecular weight is 225 g/mol. The first kappa shape index (κ1) is 11.5. The van der Waals surface area contributed by atoms with E-state index >= 15 is 0 Å². The van der Waals surface area contributed by atoms with Crippen LogP contribution in [0.1, 0.15) is 43.5 Å². The van der Waals surface area contributed by atoms with Crippen LogP contribution in [0.3, 0.4) is 0 Å². The van der Waals surface area contributed by atoms with Crippen LogP contribution < -0.4 is 5.73 Å². The summed E-state index contributed by atoms with van der Waals surface area (Å²) in [5, 5.41) is 0. The van der Waals surface area contributed by atoms with Crippen molar-refractivity contribution in [3.8, 4) is 0 Å². The van der Waals surface area contributed by atoms with Crippen molar-refractivity contribution in [1.82, 2.24) is 0 Å². The molecule has 16 heavy (non-hydrogen) atoms. The third-order valence-electron chi connectivity index (χ3n) is 3.23. The highest BCUT2D eigenvalue weighted by atomic mass is 19.3. The van der Waals surface area contributed by atoms with Gasteiger partial charge in [-0.2, -0.15) is 0 Å². The number of nitrogens with two attached hydrogens (primary N) is 1. The summed E-state index contributed by atoms with van der Waals surface area (Å²) in [7, 11) is 0. The van der Waals surface area contributed by atoms with Crippen LogP contribution in [0.25, 0.3) is 0 Å². The molecule has 2 rings (SSSR count). The van der Waals surface area contributed by atoms with Gasteiger partial charge in [0.1, 0.15) is 0 Å². The Bertz CT molecular complexity index is 418. The maximum atomic E-state index is 13.4. The molecular weight excluding hydrogens is 208 g/mol. The summed E-state index contributed by atoms with van der Waals surface area (Å²) in [5.41, 5.74) is 7.89. The zero-order chi connectivity index (χ0) is 12.1. The molecule has 0 amide bonds. The second-order valence-electron chi connectivity index (χ2n) is 5.58. The van der Waals surface area contributed by atoms with Crippen LogP contribution in [-0.4, -0.2) is 5.92 Å². The molecule has 0 radical (unpaired) electrons. The number of rotatable bonds is 0. The quantitative estimate of drug-likeness (QED) is 0.721. The van der Waals surface area contributed by atoms with Gasteiger partial charge in [-0.3, -0.25) is 0 Å².